The van der Waals surface area contributed by atoms with Crippen LogP contribution in [0.25, 0.3) is 0 Å². The molecule has 1 aliphatic heterocycles. The van der Waals surface area contributed by atoms with Crippen molar-refractivity contribution in [2.24, 2.45) is 5.73 Å². The Morgan fingerprint density at radius 1 is 1.37 bits per heavy atom. The molecule has 2 heterocycles. The zero-order chi connectivity index (χ0) is 13.4. The Kier molecular flexibility index (Phi) is 2.63. The van der Waals surface area contributed by atoms with E-state index in [9.17, 15) is 4.39 Å². The summed E-state index contributed by atoms with van der Waals surface area (Å²) >= 11 is 0. The first-order valence-electron chi connectivity index (χ1n) is 5.89. The number of hydrogen-bond acceptors (Lipinski definition) is 4. The minimum atomic E-state index is -0.293. The predicted molar refractivity (Wildman–Crippen MR) is 70.2 cm³/mol. The van der Waals surface area contributed by atoms with E-state index in [-0.39, 0.29) is 11.7 Å². The van der Waals surface area contributed by atoms with Crippen LogP contribution in [0.4, 0.5) is 15.9 Å². The first-order valence-corrected chi connectivity index (χ1v) is 5.89. The molecular weight excluding hydrogens is 245 g/mol. The number of amidine groups is 1. The molecule has 6 heteroatoms. The van der Waals surface area contributed by atoms with Crippen LogP contribution >= 0.6 is 0 Å². The molecule has 1 aromatic carbocycles. The molecule has 2 aromatic rings. The lowest BCUT2D eigenvalue weighted by Gasteiger charge is -2.20. The zero-order valence-corrected chi connectivity index (χ0v) is 10.1. The van der Waals surface area contributed by atoms with E-state index in [1.807, 2.05) is 4.90 Å². The average molecular weight is 257 g/mol. The first kappa shape index (κ1) is 11.6. The Bertz CT molecular complexity index is 655. The van der Waals surface area contributed by atoms with Crippen molar-refractivity contribution < 1.29 is 4.39 Å². The van der Waals surface area contributed by atoms with Crippen molar-refractivity contribution in [1.29, 1.82) is 5.41 Å². The lowest BCUT2D eigenvalue weighted by atomic mass is 10.1. The van der Waals surface area contributed by atoms with Gasteiger partial charge in [0.2, 0.25) is 0 Å². The van der Waals surface area contributed by atoms with Crippen LogP contribution in [0.2, 0.25) is 0 Å². The molecule has 0 spiro atoms. The van der Waals surface area contributed by atoms with Gasteiger partial charge in [0.15, 0.2) is 5.82 Å². The van der Waals surface area contributed by atoms with Crippen LogP contribution < -0.4 is 10.6 Å². The molecule has 0 fully saturated rings. The van der Waals surface area contributed by atoms with Crippen molar-refractivity contribution in [3.8, 4) is 0 Å². The number of aromatic nitrogens is 2. The Labute approximate surface area is 109 Å². The van der Waals surface area contributed by atoms with Crippen LogP contribution in [0.3, 0.4) is 0 Å². The summed E-state index contributed by atoms with van der Waals surface area (Å²) in [5.41, 5.74) is 7.88. The highest BCUT2D eigenvalue weighted by atomic mass is 19.1. The lowest BCUT2D eigenvalue weighted by Crippen LogP contribution is -2.22. The Hall–Kier alpha value is -2.50. The second-order valence-corrected chi connectivity index (χ2v) is 4.36. The van der Waals surface area contributed by atoms with Gasteiger partial charge in [0.25, 0.3) is 0 Å². The SMILES string of the molecule is N=C(N)c1ccnnc1N1CCc2ccc(F)cc21. The quantitative estimate of drug-likeness (QED) is 0.632. The van der Waals surface area contributed by atoms with Crippen LogP contribution in [0.1, 0.15) is 11.1 Å². The van der Waals surface area contributed by atoms with Gasteiger partial charge >= 0.3 is 0 Å². The summed E-state index contributed by atoms with van der Waals surface area (Å²) < 4.78 is 13.4. The molecule has 1 aromatic heterocycles. The number of nitrogens with two attached hydrogens (primary N) is 1. The highest BCUT2D eigenvalue weighted by Crippen LogP contribution is 2.35. The van der Waals surface area contributed by atoms with Gasteiger partial charge in [0, 0.05) is 12.2 Å². The van der Waals surface area contributed by atoms with E-state index in [4.69, 9.17) is 11.1 Å². The fraction of sp³-hybridized carbons (Fsp3) is 0.154. The summed E-state index contributed by atoms with van der Waals surface area (Å²) in [6, 6.07) is 6.34. The maximum absolute atomic E-state index is 13.4. The molecule has 0 atom stereocenters. The summed E-state index contributed by atoms with van der Waals surface area (Å²) in [7, 11) is 0. The molecule has 0 unspecified atom stereocenters. The van der Waals surface area contributed by atoms with Gasteiger partial charge in [0.05, 0.1) is 11.8 Å². The van der Waals surface area contributed by atoms with Crippen LogP contribution in [0.5, 0.6) is 0 Å². The van der Waals surface area contributed by atoms with Crippen molar-refractivity contribution >= 4 is 17.3 Å². The van der Waals surface area contributed by atoms with Crippen LogP contribution in [-0.4, -0.2) is 22.6 Å². The Morgan fingerprint density at radius 2 is 2.21 bits per heavy atom. The van der Waals surface area contributed by atoms with E-state index in [2.05, 4.69) is 10.2 Å². The summed E-state index contributed by atoms with van der Waals surface area (Å²) in [6.45, 7) is 0.678. The van der Waals surface area contributed by atoms with Crippen molar-refractivity contribution in [2.75, 3.05) is 11.4 Å². The second-order valence-electron chi connectivity index (χ2n) is 4.36. The first-order chi connectivity index (χ1) is 9.16. The van der Waals surface area contributed by atoms with Gasteiger partial charge in [0.1, 0.15) is 11.7 Å². The van der Waals surface area contributed by atoms with Crippen LogP contribution in [-0.2, 0) is 6.42 Å². The molecule has 1 aliphatic rings. The number of benzene rings is 1. The number of hydrogen-bond donors (Lipinski definition) is 2. The number of rotatable bonds is 2. The predicted octanol–water partition coefficient (Wildman–Crippen LogP) is 1.59. The third-order valence-electron chi connectivity index (χ3n) is 3.19. The van der Waals surface area contributed by atoms with Gasteiger partial charge in [-0.25, -0.2) is 4.39 Å². The number of fused-ring (bicyclic) bond motifs is 1. The van der Waals surface area contributed by atoms with Gasteiger partial charge < -0.3 is 10.6 Å². The largest absolute Gasteiger partial charge is 0.384 e. The van der Waals surface area contributed by atoms with Gasteiger partial charge in [-0.15, -0.1) is 5.10 Å². The molecule has 19 heavy (non-hydrogen) atoms. The molecule has 96 valence electrons. The summed E-state index contributed by atoms with van der Waals surface area (Å²) in [6.07, 6.45) is 2.30. The maximum Gasteiger partial charge on any atom is 0.166 e. The van der Waals surface area contributed by atoms with Crippen molar-refractivity contribution in [3.05, 3.63) is 47.4 Å². The van der Waals surface area contributed by atoms with Crippen LogP contribution in [0.15, 0.2) is 30.5 Å². The van der Waals surface area contributed by atoms with Crippen molar-refractivity contribution in [3.63, 3.8) is 0 Å². The topological polar surface area (TPSA) is 78.9 Å². The molecule has 5 nitrogen and oxygen atoms in total. The summed E-state index contributed by atoms with van der Waals surface area (Å²) in [5, 5.41) is 15.4. The normalized spacial score (nSPS) is 13.4. The van der Waals surface area contributed by atoms with Gasteiger partial charge in [-0.3, -0.25) is 5.41 Å². The third-order valence-corrected chi connectivity index (χ3v) is 3.19. The fourth-order valence-electron chi connectivity index (χ4n) is 2.31. The maximum atomic E-state index is 13.4. The van der Waals surface area contributed by atoms with Crippen molar-refractivity contribution in [2.45, 2.75) is 6.42 Å². The summed E-state index contributed by atoms with van der Waals surface area (Å²) in [5.74, 6) is 0.132. The van der Waals surface area contributed by atoms with Gasteiger partial charge in [-0.1, -0.05) is 6.07 Å². The van der Waals surface area contributed by atoms with E-state index < -0.39 is 0 Å². The second kappa shape index (κ2) is 4.31. The van der Waals surface area contributed by atoms with Crippen molar-refractivity contribution in [1.82, 2.24) is 10.2 Å². The highest BCUT2D eigenvalue weighted by Gasteiger charge is 2.24. The van der Waals surface area contributed by atoms with E-state index >= 15 is 0 Å². The Morgan fingerprint density at radius 3 is 3.00 bits per heavy atom. The number of nitrogens with one attached hydrogen (secondary N) is 1. The number of anilines is 2. The van der Waals surface area contributed by atoms with Gasteiger partial charge in [-0.2, -0.15) is 5.10 Å². The third kappa shape index (κ3) is 1.91. The molecular formula is C13H12FN5. The highest BCUT2D eigenvalue weighted by molar-refractivity contribution is 6.00. The summed E-state index contributed by atoms with van der Waals surface area (Å²) in [4.78, 5) is 1.85. The lowest BCUT2D eigenvalue weighted by molar-refractivity contribution is 0.628. The monoisotopic (exact) mass is 257 g/mol. The zero-order valence-electron chi connectivity index (χ0n) is 10.1. The standard InChI is InChI=1S/C13H12FN5/c14-9-2-1-8-4-6-19(11(8)7-9)13-10(12(15)16)3-5-17-18-13/h1-3,5,7H,4,6H2,(H3,15,16). The Balaban J connectivity index is 2.11. The number of nitrogen functional groups attached to an aromatic ring is 1. The molecule has 3 rings (SSSR count). The van der Waals surface area contributed by atoms with E-state index in [0.29, 0.717) is 17.9 Å². The smallest absolute Gasteiger partial charge is 0.166 e. The number of nitrogens with zero attached hydrogens (tertiary/aromatic N) is 3. The number of halogens is 1. The molecule has 0 aliphatic carbocycles. The van der Waals surface area contributed by atoms with Gasteiger partial charge in [-0.05, 0) is 30.2 Å². The minimum Gasteiger partial charge on any atom is -0.384 e. The van der Waals surface area contributed by atoms with E-state index in [0.717, 1.165) is 17.7 Å². The molecule has 0 radical (unpaired) electrons. The molecule has 0 saturated carbocycles. The molecule has 3 N–H and O–H groups in total. The molecule has 0 saturated heterocycles. The minimum absolute atomic E-state index is 0.0743. The average Bonchev–Trinajstić information content (AvgIpc) is 2.81. The van der Waals surface area contributed by atoms with E-state index in [1.54, 1.807) is 12.1 Å². The molecule has 0 bridgehead atoms. The van der Waals surface area contributed by atoms with E-state index in [1.165, 1.54) is 18.3 Å². The van der Waals surface area contributed by atoms with Crippen LogP contribution in [0, 0.1) is 11.2 Å². The molecule has 0 amide bonds. The fourth-order valence-corrected chi connectivity index (χ4v) is 2.31.